The van der Waals surface area contributed by atoms with Crippen LogP contribution in [0.25, 0.3) is 5.41 Å². The molecule has 79 heavy (non-hydrogen) atoms. The zero-order valence-electron chi connectivity index (χ0n) is 44.4. The number of esters is 4. The number of hydrogen-bond donors (Lipinski definition) is 6. The number of ether oxygens (including phenoxy) is 4. The molecule has 0 bridgehead atoms. The van der Waals surface area contributed by atoms with Crippen molar-refractivity contribution in [3.63, 3.8) is 0 Å². The molecule has 4 heterocycles. The first kappa shape index (κ1) is 74.1. The summed E-state index contributed by atoms with van der Waals surface area (Å²) in [6, 6.07) is 0. The van der Waals surface area contributed by atoms with Crippen molar-refractivity contribution < 1.29 is 106 Å². The molecular formula is C45H66F12N11O11-. The maximum absolute atomic E-state index is 12.7. The molecular weight excluding hydrogens is 1100 g/mol. The van der Waals surface area contributed by atoms with Gasteiger partial charge >= 0.3 is 48.6 Å². The highest BCUT2D eigenvalue weighted by Gasteiger charge is 2.45. The molecule has 9 N–H and O–H groups in total. The second kappa shape index (κ2) is 35.6. The van der Waals surface area contributed by atoms with E-state index >= 15 is 0 Å². The quantitative estimate of drug-likeness (QED) is 0.0113. The monoisotopic (exact) mass is 1160 g/mol. The summed E-state index contributed by atoms with van der Waals surface area (Å²) in [5.74, 6) is -6.31. The molecule has 0 aliphatic carbocycles. The molecule has 34 heteroatoms. The Bertz CT molecular complexity index is 2330. The fourth-order valence-electron chi connectivity index (χ4n) is 6.11. The van der Waals surface area contributed by atoms with Gasteiger partial charge in [0.2, 0.25) is 0 Å². The molecule has 0 fully saturated rings. The van der Waals surface area contributed by atoms with Crippen LogP contribution in [0.4, 0.5) is 70.1 Å². The molecule has 0 saturated heterocycles. The molecule has 0 spiro atoms. The van der Waals surface area contributed by atoms with E-state index in [0.29, 0.717) is 32.5 Å². The van der Waals surface area contributed by atoms with Gasteiger partial charge in [-0.15, -0.1) is 0 Å². The number of nitrogens with one attached hydrogen (secondary N) is 1. The number of hydrogen-bond acceptors (Lipinski definition) is 18. The van der Waals surface area contributed by atoms with E-state index in [1.807, 2.05) is 6.92 Å². The van der Waals surface area contributed by atoms with E-state index in [4.69, 9.17) is 32.8 Å². The van der Waals surface area contributed by atoms with Crippen LogP contribution in [-0.4, -0.2) is 136 Å². The number of rotatable bonds is 17. The van der Waals surface area contributed by atoms with Crippen molar-refractivity contribution in [2.45, 2.75) is 130 Å². The number of carbonyl (C=O) groups is 5. The molecule has 1 aliphatic rings. The highest BCUT2D eigenvalue weighted by atomic mass is 19.4. The normalized spacial score (nSPS) is 11.8. The predicted molar refractivity (Wildman–Crippen MR) is 259 cm³/mol. The summed E-state index contributed by atoms with van der Waals surface area (Å²) in [5.41, 5.74) is 8.53. The van der Waals surface area contributed by atoms with E-state index in [2.05, 4.69) is 60.3 Å². The van der Waals surface area contributed by atoms with E-state index in [1.165, 1.54) is 19.3 Å². The van der Waals surface area contributed by atoms with Crippen molar-refractivity contribution in [3.8, 4) is 0 Å². The first-order valence-corrected chi connectivity index (χ1v) is 23.6. The van der Waals surface area contributed by atoms with E-state index in [9.17, 15) is 76.7 Å². The first-order valence-electron chi connectivity index (χ1n) is 23.6. The Morgan fingerprint density at radius 2 is 1.05 bits per heavy atom. The molecule has 3 aromatic rings. The van der Waals surface area contributed by atoms with Crippen LogP contribution in [-0.2, 0) is 66.7 Å². The molecule has 3 aromatic heterocycles. The number of unbranched alkanes of at least 4 members (excludes halogenated alkanes) is 2. The van der Waals surface area contributed by atoms with Crippen LogP contribution in [0, 0.1) is 5.92 Å². The van der Waals surface area contributed by atoms with Crippen molar-refractivity contribution in [2.24, 2.45) is 11.7 Å². The second-order valence-corrected chi connectivity index (χ2v) is 15.8. The first-order chi connectivity index (χ1) is 36.7. The van der Waals surface area contributed by atoms with Gasteiger partial charge < -0.3 is 57.1 Å². The van der Waals surface area contributed by atoms with Gasteiger partial charge in [-0.2, -0.15) is 68.0 Å². The van der Waals surface area contributed by atoms with E-state index in [1.54, 1.807) is 0 Å². The van der Waals surface area contributed by atoms with Crippen LogP contribution >= 0.6 is 0 Å². The molecule has 0 saturated carbocycles. The molecule has 0 radical (unpaired) electrons. The maximum Gasteiger partial charge on any atom is 0.455 e. The predicted octanol–water partition coefficient (Wildman–Crippen LogP) is 7.23. The average molecular weight is 1170 g/mol. The third kappa shape index (κ3) is 23.9. The second-order valence-electron chi connectivity index (χ2n) is 15.8. The van der Waals surface area contributed by atoms with Crippen LogP contribution in [0.1, 0.15) is 134 Å². The number of alkyl halides is 12. The smallest absolute Gasteiger partial charge is 0.455 e. The summed E-state index contributed by atoms with van der Waals surface area (Å²) in [5, 5.41) is 37.6. The summed E-state index contributed by atoms with van der Waals surface area (Å²) in [4.78, 5) is 54.8. The number of aromatic nitrogens is 6. The van der Waals surface area contributed by atoms with Crippen molar-refractivity contribution in [1.29, 1.82) is 0 Å². The number of carbonyl (C=O) groups excluding carboxylic acids is 5. The van der Waals surface area contributed by atoms with Crippen LogP contribution in [0.2, 0.25) is 0 Å². The number of ketones is 1. The van der Waals surface area contributed by atoms with Crippen LogP contribution in [0.5, 0.6) is 0 Å². The zero-order valence-corrected chi connectivity index (χ0v) is 44.4. The molecule has 0 unspecified atom stereocenters. The lowest BCUT2D eigenvalue weighted by Crippen LogP contribution is -2.29. The minimum atomic E-state index is -5.24. The maximum atomic E-state index is 12.7. The standard InChI is InChI=1S/C10H14F3N3O2.C9H12F3N3O3.C9H10F3N3O2.C7H16.C6H3F3NO3.C4H11NO/c1-3-4-5-16-8(14)6(9(17)18-2)7(15-16)10(11,12)13;1-18-8(17)5-6(9(10,11)12)14-15(7(5)13)3-2-4-16;1-17-8(16)5-6(9(10,11)12)14-15-4-2-3-13-7(5)15;1-4-7(5-2)6-3;1-13-5(12)3(2-10)4(11)6(7,8)9;5-3-1-2-4-6/h3-5,14H2,1-2H3;16H,2-4,13H2,1H3;13H,2-4H2,1H3;7H,4-6H2,1-3H3;1H3;6H,1-5H2/q;;;;-1;. The molecule has 0 amide bonds. The van der Waals surface area contributed by atoms with Crippen molar-refractivity contribution >= 4 is 53.0 Å². The van der Waals surface area contributed by atoms with Gasteiger partial charge in [0.1, 0.15) is 39.7 Å². The molecule has 452 valence electrons. The van der Waals surface area contributed by atoms with Gasteiger partial charge in [-0.25, -0.2) is 33.2 Å². The molecule has 4 rings (SSSR count). The summed E-state index contributed by atoms with van der Waals surface area (Å²) in [6.07, 6.45) is -11.4. The van der Waals surface area contributed by atoms with Gasteiger partial charge in [-0.3, -0.25) is 10.7 Å². The Balaban J connectivity index is 0. The number of nitrogens with two attached hydrogens (primary N) is 3. The number of nitrogens with zero attached hydrogens (tertiary/aromatic N) is 7. The van der Waals surface area contributed by atoms with E-state index in [0.717, 1.165) is 73.5 Å². The summed E-state index contributed by atoms with van der Waals surface area (Å²) in [6.45, 7) is 10.5. The third-order valence-electron chi connectivity index (χ3n) is 10.3. The van der Waals surface area contributed by atoms with Crippen LogP contribution in [0.15, 0.2) is 5.57 Å². The molecule has 0 aromatic carbocycles. The Kier molecular flexibility index (Phi) is 33.4. The van der Waals surface area contributed by atoms with Crippen LogP contribution in [0.3, 0.4) is 0 Å². The fraction of sp³-hybridized carbons (Fsp3) is 0.644. The topological polar surface area (TPSA) is 329 Å². The van der Waals surface area contributed by atoms with Gasteiger partial charge in [0, 0.05) is 39.4 Å². The van der Waals surface area contributed by atoms with Crippen LogP contribution < -0.4 is 22.5 Å². The molecule has 0 atom stereocenters. The highest BCUT2D eigenvalue weighted by Crippen LogP contribution is 2.37. The van der Waals surface area contributed by atoms with E-state index in [-0.39, 0.29) is 44.4 Å². The number of aliphatic hydroxyl groups is 2. The number of anilines is 3. The number of fused-ring (bicyclic) bond motifs is 1. The Labute approximate surface area is 445 Å². The van der Waals surface area contributed by atoms with Gasteiger partial charge in [0.05, 0.1) is 28.4 Å². The number of aryl methyl sites for hydroxylation is 3. The molecule has 22 nitrogen and oxygen atoms in total. The number of nitrogen functional groups attached to an aromatic ring is 2. The van der Waals surface area contributed by atoms with Gasteiger partial charge in [0.25, 0.3) is 5.78 Å². The van der Waals surface area contributed by atoms with Gasteiger partial charge in [-0.05, 0) is 44.6 Å². The number of methoxy groups -OCH3 is 4. The Morgan fingerprint density at radius 3 is 1.35 bits per heavy atom. The number of Topliss-reactive ketones (excluding diaryl/α,β-unsaturated/α-hetero) is 1. The largest absolute Gasteiger partial charge is 0.762 e. The van der Waals surface area contributed by atoms with Gasteiger partial charge in [0.15, 0.2) is 17.1 Å². The fourth-order valence-corrected chi connectivity index (χ4v) is 6.11. The third-order valence-corrected chi connectivity index (χ3v) is 10.3. The molecule has 1 aliphatic heterocycles. The van der Waals surface area contributed by atoms with Crippen molar-refractivity contribution in [2.75, 3.05) is 71.5 Å². The number of aliphatic hydroxyl groups excluding tert-OH is 2. The van der Waals surface area contributed by atoms with Gasteiger partial charge in [-0.1, -0.05) is 53.4 Å². The van der Waals surface area contributed by atoms with Crippen molar-refractivity contribution in [1.82, 2.24) is 29.3 Å². The lowest BCUT2D eigenvalue weighted by Gasteiger charge is -2.16. The van der Waals surface area contributed by atoms with E-state index < -0.39 is 99.5 Å². The lowest BCUT2D eigenvalue weighted by atomic mass is 10.0. The van der Waals surface area contributed by atoms with Crippen molar-refractivity contribution in [3.05, 3.63) is 44.8 Å². The Morgan fingerprint density at radius 1 is 0.646 bits per heavy atom. The zero-order chi connectivity index (χ0) is 61.6. The minimum Gasteiger partial charge on any atom is -0.762 e. The summed E-state index contributed by atoms with van der Waals surface area (Å²) < 4.78 is 169. The average Bonchev–Trinajstić information content (AvgIpc) is 4.08. The highest BCUT2D eigenvalue weighted by molar-refractivity contribution is 6.25. The number of halogens is 12. The lowest BCUT2D eigenvalue weighted by molar-refractivity contribution is -0.168. The summed E-state index contributed by atoms with van der Waals surface area (Å²) in [7, 11) is 3.75. The summed E-state index contributed by atoms with van der Waals surface area (Å²) >= 11 is 0. The Hall–Kier alpha value is -6.93. The minimum absolute atomic E-state index is 0.0254. The SMILES string of the molecule is CCC(CC)CC.CCCCn1nc(C(F)(F)F)c(C(=O)OC)c1N.COC(=O)C(=C=[N-])C(=O)C(F)(F)F.COC(=O)c1c(C(F)(F)F)nn(CCCO)c1N.COC(=O)c1c(C(F)(F)F)nn2c1NCCC2.NCCCCO.